The Kier molecular flexibility index (Phi) is 13.9. The number of carboxylic acids is 1. The molecule has 0 radical (unpaired) electrons. The molecule has 0 heterocycles. The van der Waals surface area contributed by atoms with Crippen LogP contribution < -0.4 is 21.3 Å². The van der Waals surface area contributed by atoms with Gasteiger partial charge >= 0.3 is 5.97 Å². The van der Waals surface area contributed by atoms with E-state index in [0.29, 0.717) is 13.1 Å². The fourth-order valence-electron chi connectivity index (χ4n) is 1.51. The molecule has 0 spiro atoms. The van der Waals surface area contributed by atoms with Crippen LogP contribution in [0.2, 0.25) is 0 Å². The summed E-state index contributed by atoms with van der Waals surface area (Å²) in [6.45, 7) is 8.01. The molecule has 0 aromatic rings. The summed E-state index contributed by atoms with van der Waals surface area (Å²) in [4.78, 5) is 21.3. The van der Waals surface area contributed by atoms with Crippen LogP contribution >= 0.6 is 0 Å². The number of rotatable bonds is 14. The normalized spacial score (nSPS) is 10.9. The molecule has 0 aliphatic heterocycles. The van der Waals surface area contributed by atoms with Gasteiger partial charge in [0.05, 0.1) is 0 Å². The highest BCUT2D eigenvalue weighted by Gasteiger charge is 1.95. The Morgan fingerprint density at radius 2 is 1.38 bits per heavy atom. The third-order valence-electron chi connectivity index (χ3n) is 2.64. The van der Waals surface area contributed by atoms with Crippen LogP contribution in [0.1, 0.15) is 19.8 Å². The summed E-state index contributed by atoms with van der Waals surface area (Å²) in [5.74, 6) is -1.52. The molecule has 0 aromatic carbocycles. The molecule has 0 bridgehead atoms. The van der Waals surface area contributed by atoms with E-state index in [9.17, 15) is 9.59 Å². The molecule has 0 fully saturated rings. The van der Waals surface area contributed by atoms with Crippen molar-refractivity contribution < 1.29 is 14.7 Å². The zero-order valence-corrected chi connectivity index (χ0v) is 12.8. The van der Waals surface area contributed by atoms with Crippen molar-refractivity contribution in [2.75, 3.05) is 45.8 Å². The summed E-state index contributed by atoms with van der Waals surface area (Å²) < 4.78 is 0. The molecule has 1 amide bonds. The second-order valence-corrected chi connectivity index (χ2v) is 4.57. The average Bonchev–Trinajstić information content (AvgIpc) is 2.46. The smallest absolute Gasteiger partial charge is 0.328 e. The zero-order chi connectivity index (χ0) is 15.8. The minimum absolute atomic E-state index is 0.393. The Balaban J connectivity index is 3.19. The van der Waals surface area contributed by atoms with E-state index in [1.807, 2.05) is 0 Å². The number of carbonyl (C=O) groups is 2. The van der Waals surface area contributed by atoms with Crippen LogP contribution in [0.4, 0.5) is 0 Å². The van der Waals surface area contributed by atoms with E-state index < -0.39 is 11.9 Å². The molecule has 0 aromatic heterocycles. The molecule has 0 atom stereocenters. The van der Waals surface area contributed by atoms with E-state index in [2.05, 4.69) is 28.2 Å². The Labute approximate surface area is 126 Å². The Morgan fingerprint density at radius 3 is 1.90 bits per heavy atom. The van der Waals surface area contributed by atoms with E-state index >= 15 is 0 Å². The van der Waals surface area contributed by atoms with Gasteiger partial charge in [0.15, 0.2) is 0 Å². The van der Waals surface area contributed by atoms with Crippen LogP contribution in [-0.4, -0.2) is 62.8 Å². The van der Waals surface area contributed by atoms with Gasteiger partial charge in [-0.1, -0.05) is 13.3 Å². The monoisotopic (exact) mass is 300 g/mol. The van der Waals surface area contributed by atoms with Gasteiger partial charge in [-0.15, -0.1) is 0 Å². The molecule has 0 aliphatic rings. The molecule has 0 unspecified atom stereocenters. The van der Waals surface area contributed by atoms with Crippen LogP contribution in [0.3, 0.4) is 0 Å². The predicted molar refractivity (Wildman–Crippen MR) is 83.3 cm³/mol. The van der Waals surface area contributed by atoms with E-state index in [0.717, 1.165) is 44.9 Å². The fourth-order valence-corrected chi connectivity index (χ4v) is 1.51. The molecule has 7 heteroatoms. The minimum atomic E-state index is -1.13. The highest BCUT2D eigenvalue weighted by atomic mass is 16.4. The van der Waals surface area contributed by atoms with Crippen molar-refractivity contribution in [1.29, 1.82) is 0 Å². The number of unbranched alkanes of at least 4 members (excludes halogenated alkanes) is 1. The van der Waals surface area contributed by atoms with Crippen molar-refractivity contribution in [3.8, 4) is 0 Å². The van der Waals surface area contributed by atoms with Crippen LogP contribution in [0.15, 0.2) is 12.2 Å². The van der Waals surface area contributed by atoms with Gasteiger partial charge < -0.3 is 26.4 Å². The molecule has 0 rings (SSSR count). The lowest BCUT2D eigenvalue weighted by Gasteiger charge is -2.07. The Bertz CT molecular complexity index is 309. The van der Waals surface area contributed by atoms with Gasteiger partial charge in [0.1, 0.15) is 0 Å². The lowest BCUT2D eigenvalue weighted by Crippen LogP contribution is -2.36. The number of amides is 1. The molecule has 7 nitrogen and oxygen atoms in total. The molecule has 0 aliphatic carbocycles. The van der Waals surface area contributed by atoms with Gasteiger partial charge in [0.2, 0.25) is 5.91 Å². The maximum absolute atomic E-state index is 11.1. The standard InChI is InChI=1S/C14H28N4O3/c1-2-3-6-15-7-8-16-9-10-17-11-12-18-13(19)4-5-14(20)21/h4-5,15-17H,2-3,6-12H2,1H3,(H,18,19)(H,20,21)/b5-4+. The van der Waals surface area contributed by atoms with Crippen molar-refractivity contribution in [2.24, 2.45) is 0 Å². The van der Waals surface area contributed by atoms with E-state index in [1.165, 1.54) is 12.8 Å². The van der Waals surface area contributed by atoms with Crippen LogP contribution in [0, 0.1) is 0 Å². The van der Waals surface area contributed by atoms with E-state index in [4.69, 9.17) is 5.11 Å². The predicted octanol–water partition coefficient (Wildman–Crippen LogP) is -0.688. The maximum Gasteiger partial charge on any atom is 0.328 e. The average molecular weight is 300 g/mol. The van der Waals surface area contributed by atoms with Crippen molar-refractivity contribution in [3.63, 3.8) is 0 Å². The number of carboxylic acid groups (broad SMARTS) is 1. The lowest BCUT2D eigenvalue weighted by molar-refractivity contribution is -0.131. The number of nitrogens with one attached hydrogen (secondary N) is 4. The molecule has 21 heavy (non-hydrogen) atoms. The van der Waals surface area contributed by atoms with E-state index in [-0.39, 0.29) is 0 Å². The highest BCUT2D eigenvalue weighted by Crippen LogP contribution is 1.80. The minimum Gasteiger partial charge on any atom is -0.478 e. The summed E-state index contributed by atoms with van der Waals surface area (Å²) in [5.41, 5.74) is 0. The molecule has 0 saturated carbocycles. The SMILES string of the molecule is CCCCNCCNCCNCCNC(=O)/C=C/C(=O)O. The Morgan fingerprint density at radius 1 is 0.857 bits per heavy atom. The molecule has 5 N–H and O–H groups in total. The van der Waals surface area contributed by atoms with Crippen LogP contribution in [-0.2, 0) is 9.59 Å². The first-order chi connectivity index (χ1) is 10.2. The maximum atomic E-state index is 11.1. The van der Waals surface area contributed by atoms with Gasteiger partial charge in [-0.3, -0.25) is 4.79 Å². The number of hydrogen-bond donors (Lipinski definition) is 5. The van der Waals surface area contributed by atoms with Crippen LogP contribution in [0.25, 0.3) is 0 Å². The lowest BCUT2D eigenvalue weighted by atomic mass is 10.3. The third-order valence-corrected chi connectivity index (χ3v) is 2.64. The number of carbonyl (C=O) groups excluding carboxylic acids is 1. The molecule has 0 saturated heterocycles. The van der Waals surface area contributed by atoms with Crippen molar-refractivity contribution in [2.45, 2.75) is 19.8 Å². The van der Waals surface area contributed by atoms with Gasteiger partial charge in [0.25, 0.3) is 0 Å². The second kappa shape index (κ2) is 15.0. The second-order valence-electron chi connectivity index (χ2n) is 4.57. The van der Waals surface area contributed by atoms with Gasteiger partial charge in [-0.2, -0.15) is 0 Å². The molecular weight excluding hydrogens is 272 g/mol. The quantitative estimate of drug-likeness (QED) is 0.215. The first kappa shape index (κ1) is 19.6. The first-order valence-corrected chi connectivity index (χ1v) is 7.47. The summed E-state index contributed by atoms with van der Waals surface area (Å²) in [6, 6.07) is 0. The van der Waals surface area contributed by atoms with E-state index in [1.54, 1.807) is 0 Å². The molecule has 122 valence electrons. The Hall–Kier alpha value is -1.44. The highest BCUT2D eigenvalue weighted by molar-refractivity contribution is 5.93. The summed E-state index contributed by atoms with van der Waals surface area (Å²) in [7, 11) is 0. The van der Waals surface area contributed by atoms with Gasteiger partial charge in [0, 0.05) is 51.4 Å². The van der Waals surface area contributed by atoms with Crippen molar-refractivity contribution in [1.82, 2.24) is 21.3 Å². The summed E-state index contributed by atoms with van der Waals surface area (Å²) >= 11 is 0. The van der Waals surface area contributed by atoms with Crippen LogP contribution in [0.5, 0.6) is 0 Å². The number of aliphatic carboxylic acids is 1. The van der Waals surface area contributed by atoms with Crippen molar-refractivity contribution in [3.05, 3.63) is 12.2 Å². The summed E-state index contributed by atoms with van der Waals surface area (Å²) in [5, 5.41) is 20.8. The third kappa shape index (κ3) is 16.5. The number of hydrogen-bond acceptors (Lipinski definition) is 5. The fraction of sp³-hybridized carbons (Fsp3) is 0.714. The largest absolute Gasteiger partial charge is 0.478 e. The summed E-state index contributed by atoms with van der Waals surface area (Å²) in [6.07, 6.45) is 4.26. The zero-order valence-electron chi connectivity index (χ0n) is 12.8. The topological polar surface area (TPSA) is 102 Å². The van der Waals surface area contributed by atoms with Gasteiger partial charge in [-0.05, 0) is 13.0 Å². The first-order valence-electron chi connectivity index (χ1n) is 7.47. The molecular formula is C14H28N4O3. The van der Waals surface area contributed by atoms with Crippen molar-refractivity contribution >= 4 is 11.9 Å². The van der Waals surface area contributed by atoms with Gasteiger partial charge in [-0.25, -0.2) is 4.79 Å².